The fraction of sp³-hybridized carbons (Fsp3) is 0.857. The molecule has 0 aromatic heterocycles. The molecule has 0 bridgehead atoms. The van der Waals surface area contributed by atoms with Crippen LogP contribution in [0.2, 0.25) is 0 Å². The molecule has 0 aliphatic rings. The summed E-state index contributed by atoms with van der Waals surface area (Å²) in [4.78, 5) is 48.4. The summed E-state index contributed by atoms with van der Waals surface area (Å²) in [5, 5.41) is 24.2. The summed E-state index contributed by atoms with van der Waals surface area (Å²) in [6.45, 7) is 4.48. The van der Waals surface area contributed by atoms with Crippen molar-refractivity contribution in [1.82, 2.24) is 10.6 Å². The Morgan fingerprint density at radius 1 is 0.778 bits per heavy atom. The first-order valence-corrected chi connectivity index (χ1v) is 14.2. The Labute approximate surface area is 218 Å². The minimum Gasteiger partial charge on any atom is -0.396 e. The van der Waals surface area contributed by atoms with Crippen molar-refractivity contribution >= 4 is 23.4 Å². The van der Waals surface area contributed by atoms with E-state index in [2.05, 4.69) is 17.6 Å². The quantitative estimate of drug-likeness (QED) is 0.145. The molecule has 0 radical (unpaired) electrons. The van der Waals surface area contributed by atoms with Crippen molar-refractivity contribution in [3.63, 3.8) is 0 Å². The van der Waals surface area contributed by atoms with Gasteiger partial charge in [0.1, 0.15) is 6.04 Å². The van der Waals surface area contributed by atoms with Gasteiger partial charge in [-0.15, -0.1) is 0 Å². The maximum Gasteiger partial charge on any atom is 0.226 e. The number of rotatable bonds is 24. The monoisotopic (exact) mass is 512 g/mol. The predicted molar refractivity (Wildman–Crippen MR) is 142 cm³/mol. The molecule has 0 heterocycles. The molecule has 3 atom stereocenters. The molecule has 0 saturated carbocycles. The fourth-order valence-corrected chi connectivity index (χ4v) is 4.14. The number of unbranched alkanes of at least 4 members (excludes halogenated alkanes) is 12. The lowest BCUT2D eigenvalue weighted by atomic mass is 9.99. The average Bonchev–Trinajstić information content (AvgIpc) is 2.86. The zero-order valence-electron chi connectivity index (χ0n) is 23.0. The maximum atomic E-state index is 12.4. The number of aliphatic hydroxyl groups excluding tert-OH is 2. The van der Waals surface area contributed by atoms with Crippen LogP contribution in [-0.4, -0.2) is 58.9 Å². The van der Waals surface area contributed by atoms with Crippen molar-refractivity contribution in [1.29, 1.82) is 0 Å². The first kappa shape index (κ1) is 34.2. The Kier molecular flexibility index (Phi) is 21.3. The van der Waals surface area contributed by atoms with Crippen LogP contribution in [0.15, 0.2) is 0 Å². The van der Waals surface area contributed by atoms with E-state index in [9.17, 15) is 29.4 Å². The van der Waals surface area contributed by atoms with E-state index in [1.807, 2.05) is 0 Å². The summed E-state index contributed by atoms with van der Waals surface area (Å²) in [6.07, 6.45) is 15.2. The zero-order valence-corrected chi connectivity index (χ0v) is 23.0. The van der Waals surface area contributed by atoms with Crippen molar-refractivity contribution in [2.24, 2.45) is 5.92 Å². The lowest BCUT2D eigenvalue weighted by Gasteiger charge is -2.22. The lowest BCUT2D eigenvalue weighted by molar-refractivity contribution is -0.135. The maximum absolute atomic E-state index is 12.4. The predicted octanol–water partition coefficient (Wildman–Crippen LogP) is 4.00. The molecule has 0 aromatic rings. The van der Waals surface area contributed by atoms with Crippen molar-refractivity contribution in [3.05, 3.63) is 0 Å². The van der Waals surface area contributed by atoms with Crippen molar-refractivity contribution in [3.8, 4) is 0 Å². The highest BCUT2D eigenvalue weighted by atomic mass is 16.3. The minimum absolute atomic E-state index is 0.143. The second kappa shape index (κ2) is 22.4. The summed E-state index contributed by atoms with van der Waals surface area (Å²) >= 11 is 0. The van der Waals surface area contributed by atoms with Crippen LogP contribution in [-0.2, 0) is 19.2 Å². The summed E-state index contributed by atoms with van der Waals surface area (Å²) in [5.41, 5.74) is 0. The molecule has 0 aliphatic heterocycles. The van der Waals surface area contributed by atoms with Gasteiger partial charge < -0.3 is 20.8 Å². The van der Waals surface area contributed by atoms with Gasteiger partial charge >= 0.3 is 0 Å². The number of hydrogen-bond donors (Lipinski definition) is 4. The molecule has 36 heavy (non-hydrogen) atoms. The highest BCUT2D eigenvalue weighted by Gasteiger charge is 2.28. The van der Waals surface area contributed by atoms with Crippen molar-refractivity contribution in [2.45, 2.75) is 136 Å². The number of hydrogen-bond acceptors (Lipinski definition) is 6. The van der Waals surface area contributed by atoms with Crippen molar-refractivity contribution < 1.29 is 29.4 Å². The molecule has 210 valence electrons. The van der Waals surface area contributed by atoms with Gasteiger partial charge in [-0.25, -0.2) is 0 Å². The second-order valence-electron chi connectivity index (χ2n) is 9.94. The molecule has 0 fully saturated rings. The standard InChI is InChI=1S/C28H52N2O6/c1-4-6-7-8-9-10-11-12-13-14-15-16-17-18-26(35)29-20-24(33)19-23(21-31)28(36)30-27(22(3)32)25(34)5-2/h22-23,27,31-32H,4-21H2,1-3H3,(H,29,35)(H,30,36)/t22-,23+,27+/m1/s1. The van der Waals surface area contributed by atoms with E-state index >= 15 is 0 Å². The molecular weight excluding hydrogens is 460 g/mol. The van der Waals surface area contributed by atoms with Gasteiger partial charge in [-0.3, -0.25) is 19.2 Å². The van der Waals surface area contributed by atoms with Gasteiger partial charge in [0.25, 0.3) is 0 Å². The summed E-state index contributed by atoms with van der Waals surface area (Å²) < 4.78 is 0. The molecule has 0 aromatic carbocycles. The van der Waals surface area contributed by atoms with Crippen LogP contribution in [0.25, 0.3) is 0 Å². The number of carbonyl (C=O) groups is 4. The number of Topliss-reactive ketones (excluding diaryl/α,β-unsaturated/α-hetero) is 2. The van der Waals surface area contributed by atoms with Gasteiger partial charge in [0.05, 0.1) is 25.2 Å². The third-order valence-electron chi connectivity index (χ3n) is 6.53. The third kappa shape index (κ3) is 17.6. The van der Waals surface area contributed by atoms with Gasteiger partial charge in [-0.2, -0.15) is 0 Å². The van der Waals surface area contributed by atoms with Gasteiger partial charge in [0.15, 0.2) is 11.6 Å². The molecule has 8 heteroatoms. The molecule has 4 N–H and O–H groups in total. The van der Waals surface area contributed by atoms with Crippen molar-refractivity contribution in [2.75, 3.05) is 13.2 Å². The van der Waals surface area contributed by atoms with Crippen LogP contribution in [0.4, 0.5) is 0 Å². The summed E-state index contributed by atoms with van der Waals surface area (Å²) in [6, 6.07) is -1.08. The largest absolute Gasteiger partial charge is 0.396 e. The lowest BCUT2D eigenvalue weighted by Crippen LogP contribution is -2.50. The van der Waals surface area contributed by atoms with Gasteiger partial charge in [-0.1, -0.05) is 90.9 Å². The topological polar surface area (TPSA) is 133 Å². The molecule has 0 saturated heterocycles. The van der Waals surface area contributed by atoms with Gasteiger partial charge in [0.2, 0.25) is 11.8 Å². The number of ketones is 2. The highest BCUT2D eigenvalue weighted by Crippen LogP contribution is 2.13. The van der Waals surface area contributed by atoms with Crippen LogP contribution in [0.5, 0.6) is 0 Å². The summed E-state index contributed by atoms with van der Waals surface area (Å²) in [5.74, 6) is -2.61. The van der Waals surface area contributed by atoms with E-state index in [1.165, 1.54) is 71.1 Å². The van der Waals surface area contributed by atoms with E-state index in [-0.39, 0.29) is 36.9 Å². The van der Waals surface area contributed by atoms with E-state index in [0.717, 1.165) is 19.3 Å². The van der Waals surface area contributed by atoms with Gasteiger partial charge in [-0.05, 0) is 13.3 Å². The summed E-state index contributed by atoms with van der Waals surface area (Å²) in [7, 11) is 0. The normalized spacial score (nSPS) is 13.6. The Balaban J connectivity index is 3.94. The first-order chi connectivity index (χ1) is 17.3. The molecular formula is C28H52N2O6. The number of carbonyl (C=O) groups excluding carboxylic acids is 4. The molecule has 2 amide bonds. The Morgan fingerprint density at radius 2 is 1.28 bits per heavy atom. The van der Waals surface area contributed by atoms with Crippen LogP contribution < -0.4 is 10.6 Å². The smallest absolute Gasteiger partial charge is 0.226 e. The Bertz CT molecular complexity index is 623. The zero-order chi connectivity index (χ0) is 27.2. The van der Waals surface area contributed by atoms with Crippen LogP contribution in [0, 0.1) is 5.92 Å². The molecule has 8 nitrogen and oxygen atoms in total. The molecule has 0 aliphatic carbocycles. The SMILES string of the molecule is CCCCCCCCCCCCCCCC(=O)NCC(=O)C[C@@H](CO)C(=O)N[C@H](C(=O)CC)[C@@H](C)O. The number of aliphatic hydroxyl groups is 2. The second-order valence-corrected chi connectivity index (χ2v) is 9.94. The Hall–Kier alpha value is -1.80. The average molecular weight is 513 g/mol. The molecule has 0 unspecified atom stereocenters. The fourth-order valence-electron chi connectivity index (χ4n) is 4.14. The third-order valence-corrected chi connectivity index (χ3v) is 6.53. The minimum atomic E-state index is -1.08. The molecule has 0 spiro atoms. The highest BCUT2D eigenvalue weighted by molar-refractivity contribution is 5.93. The Morgan fingerprint density at radius 3 is 1.72 bits per heavy atom. The van der Waals surface area contributed by atoms with Crippen LogP contribution in [0.1, 0.15) is 124 Å². The first-order valence-electron chi connectivity index (χ1n) is 14.2. The number of amides is 2. The van der Waals surface area contributed by atoms with Gasteiger partial charge in [0, 0.05) is 19.3 Å². The van der Waals surface area contributed by atoms with E-state index in [0.29, 0.717) is 6.42 Å². The van der Waals surface area contributed by atoms with E-state index < -0.39 is 30.6 Å². The number of nitrogens with one attached hydrogen (secondary N) is 2. The molecule has 0 rings (SSSR count). The van der Waals surface area contributed by atoms with Crippen LogP contribution in [0.3, 0.4) is 0 Å². The van der Waals surface area contributed by atoms with E-state index in [4.69, 9.17) is 0 Å². The van der Waals surface area contributed by atoms with E-state index in [1.54, 1.807) is 6.92 Å². The van der Waals surface area contributed by atoms with Crippen LogP contribution >= 0.6 is 0 Å².